The third kappa shape index (κ3) is 2.99. The van der Waals surface area contributed by atoms with Crippen molar-refractivity contribution in [3.8, 4) is 11.5 Å². The molecule has 0 bridgehead atoms. The zero-order valence-electron chi connectivity index (χ0n) is 12.0. The summed E-state index contributed by atoms with van der Waals surface area (Å²) in [5.41, 5.74) is 1.64. The number of benzene rings is 1. The van der Waals surface area contributed by atoms with Gasteiger partial charge in [0, 0.05) is 24.4 Å². The monoisotopic (exact) mass is 287 g/mol. The highest BCUT2D eigenvalue weighted by atomic mass is 16.7. The van der Waals surface area contributed by atoms with Gasteiger partial charge in [-0.25, -0.2) is 0 Å². The second-order valence-electron chi connectivity index (χ2n) is 5.11. The number of aryl methyl sites for hydroxylation is 1. The number of aromatic nitrogens is 2. The number of fused-ring (bicyclic) bond motifs is 1. The summed E-state index contributed by atoms with van der Waals surface area (Å²) in [4.78, 5) is 12.1. The largest absolute Gasteiger partial charge is 0.454 e. The maximum atomic E-state index is 12.1. The van der Waals surface area contributed by atoms with Crippen LogP contribution in [0.5, 0.6) is 11.5 Å². The Kier molecular flexibility index (Phi) is 3.51. The predicted molar refractivity (Wildman–Crippen MR) is 77.5 cm³/mol. The van der Waals surface area contributed by atoms with E-state index in [2.05, 4.69) is 10.4 Å². The minimum atomic E-state index is -0.0606. The molecule has 3 rings (SSSR count). The quantitative estimate of drug-likeness (QED) is 0.938. The first-order valence-electron chi connectivity index (χ1n) is 6.83. The molecule has 2 aromatic rings. The second kappa shape index (κ2) is 5.47. The first kappa shape index (κ1) is 13.5. The summed E-state index contributed by atoms with van der Waals surface area (Å²) >= 11 is 0. The standard InChI is InChI=1S/C15H17N3O3/c1-10-5-6-18(17-10)11(2)7-15(19)16-12-3-4-13-14(8-12)21-9-20-13/h3-6,8,11H,7,9H2,1-2H3,(H,16,19). The fourth-order valence-corrected chi connectivity index (χ4v) is 2.23. The molecule has 0 spiro atoms. The Bertz CT molecular complexity index is 666. The number of nitrogens with one attached hydrogen (secondary N) is 1. The number of hydrogen-bond donors (Lipinski definition) is 1. The maximum Gasteiger partial charge on any atom is 0.231 e. The van der Waals surface area contributed by atoms with Crippen molar-refractivity contribution in [1.82, 2.24) is 9.78 Å². The molecule has 1 amide bonds. The van der Waals surface area contributed by atoms with Gasteiger partial charge in [0.1, 0.15) is 0 Å². The molecule has 1 N–H and O–H groups in total. The molecule has 1 aromatic heterocycles. The molecule has 1 atom stereocenters. The fraction of sp³-hybridized carbons (Fsp3) is 0.333. The van der Waals surface area contributed by atoms with Gasteiger partial charge in [-0.3, -0.25) is 9.48 Å². The average Bonchev–Trinajstić information content (AvgIpc) is 3.06. The van der Waals surface area contributed by atoms with Gasteiger partial charge in [-0.1, -0.05) is 0 Å². The van der Waals surface area contributed by atoms with Gasteiger partial charge in [-0.2, -0.15) is 5.10 Å². The summed E-state index contributed by atoms with van der Waals surface area (Å²) in [5, 5.41) is 7.18. The Morgan fingerprint density at radius 1 is 1.38 bits per heavy atom. The summed E-state index contributed by atoms with van der Waals surface area (Å²) in [6.45, 7) is 4.12. The Labute approximate surface area is 122 Å². The number of ether oxygens (including phenoxy) is 2. The van der Waals surface area contributed by atoms with E-state index in [4.69, 9.17) is 9.47 Å². The van der Waals surface area contributed by atoms with E-state index in [-0.39, 0.29) is 18.7 Å². The zero-order chi connectivity index (χ0) is 14.8. The van der Waals surface area contributed by atoms with Gasteiger partial charge in [0.05, 0.1) is 11.7 Å². The normalized spacial score (nSPS) is 14.0. The second-order valence-corrected chi connectivity index (χ2v) is 5.11. The van der Waals surface area contributed by atoms with Crippen molar-refractivity contribution in [2.45, 2.75) is 26.3 Å². The van der Waals surface area contributed by atoms with Crippen LogP contribution in [-0.2, 0) is 4.79 Å². The Morgan fingerprint density at radius 3 is 2.95 bits per heavy atom. The van der Waals surface area contributed by atoms with Crippen LogP contribution in [0.2, 0.25) is 0 Å². The summed E-state index contributed by atoms with van der Waals surface area (Å²) < 4.78 is 12.3. The van der Waals surface area contributed by atoms with Crippen LogP contribution < -0.4 is 14.8 Å². The Morgan fingerprint density at radius 2 is 2.19 bits per heavy atom. The lowest BCUT2D eigenvalue weighted by atomic mass is 10.2. The lowest BCUT2D eigenvalue weighted by Crippen LogP contribution is -2.18. The number of anilines is 1. The third-order valence-electron chi connectivity index (χ3n) is 3.33. The molecule has 0 saturated heterocycles. The number of hydrogen-bond acceptors (Lipinski definition) is 4. The lowest BCUT2D eigenvalue weighted by Gasteiger charge is -2.12. The molecule has 1 aliphatic rings. The van der Waals surface area contributed by atoms with Crippen LogP contribution in [0.15, 0.2) is 30.5 Å². The van der Waals surface area contributed by atoms with Crippen LogP contribution in [0.4, 0.5) is 5.69 Å². The summed E-state index contributed by atoms with van der Waals surface area (Å²) in [7, 11) is 0. The Hall–Kier alpha value is -2.50. The fourth-order valence-electron chi connectivity index (χ4n) is 2.23. The number of carbonyl (C=O) groups is 1. The smallest absolute Gasteiger partial charge is 0.231 e. The van der Waals surface area contributed by atoms with Crippen LogP contribution in [0.25, 0.3) is 0 Å². The highest BCUT2D eigenvalue weighted by Gasteiger charge is 2.15. The van der Waals surface area contributed by atoms with Crippen molar-refractivity contribution < 1.29 is 14.3 Å². The van der Waals surface area contributed by atoms with E-state index >= 15 is 0 Å². The minimum absolute atomic E-state index is 0.00714. The van der Waals surface area contributed by atoms with Gasteiger partial charge in [0.15, 0.2) is 11.5 Å². The maximum absolute atomic E-state index is 12.1. The van der Waals surface area contributed by atoms with Crippen molar-refractivity contribution >= 4 is 11.6 Å². The van der Waals surface area contributed by atoms with Crippen LogP contribution in [-0.4, -0.2) is 22.5 Å². The van der Waals surface area contributed by atoms with E-state index in [9.17, 15) is 4.79 Å². The molecule has 1 aromatic carbocycles. The van der Waals surface area contributed by atoms with E-state index in [0.717, 1.165) is 5.69 Å². The molecule has 0 saturated carbocycles. The highest BCUT2D eigenvalue weighted by molar-refractivity contribution is 5.91. The first-order chi connectivity index (χ1) is 10.1. The van der Waals surface area contributed by atoms with E-state index in [1.165, 1.54) is 0 Å². The number of amides is 1. The molecule has 2 heterocycles. The highest BCUT2D eigenvalue weighted by Crippen LogP contribution is 2.34. The van der Waals surface area contributed by atoms with E-state index in [0.29, 0.717) is 23.6 Å². The number of carbonyl (C=O) groups excluding carboxylic acids is 1. The molecule has 1 unspecified atom stereocenters. The predicted octanol–water partition coefficient (Wildman–Crippen LogP) is 2.51. The molecule has 6 nitrogen and oxygen atoms in total. The average molecular weight is 287 g/mol. The van der Waals surface area contributed by atoms with Gasteiger partial charge in [0.2, 0.25) is 12.7 Å². The topological polar surface area (TPSA) is 65.4 Å². The SMILES string of the molecule is Cc1ccn(C(C)CC(=O)Nc2ccc3c(c2)OCO3)n1. The van der Waals surface area contributed by atoms with E-state index in [1.807, 2.05) is 26.1 Å². The summed E-state index contributed by atoms with van der Waals surface area (Å²) in [5.74, 6) is 1.30. The zero-order valence-corrected chi connectivity index (χ0v) is 12.0. The molecule has 1 aliphatic heterocycles. The summed E-state index contributed by atoms with van der Waals surface area (Å²) in [6.07, 6.45) is 2.24. The Balaban J connectivity index is 1.61. The molecule has 6 heteroatoms. The van der Waals surface area contributed by atoms with Gasteiger partial charge in [-0.15, -0.1) is 0 Å². The molecule has 110 valence electrons. The van der Waals surface area contributed by atoms with Gasteiger partial charge in [0.25, 0.3) is 0 Å². The van der Waals surface area contributed by atoms with Crippen molar-refractivity contribution in [1.29, 1.82) is 0 Å². The molecular formula is C15H17N3O3. The number of nitrogens with zero attached hydrogens (tertiary/aromatic N) is 2. The third-order valence-corrected chi connectivity index (χ3v) is 3.33. The van der Waals surface area contributed by atoms with Gasteiger partial charge < -0.3 is 14.8 Å². The van der Waals surface area contributed by atoms with E-state index in [1.54, 1.807) is 22.9 Å². The molecule has 0 radical (unpaired) electrons. The van der Waals surface area contributed by atoms with Gasteiger partial charge in [-0.05, 0) is 32.0 Å². The van der Waals surface area contributed by atoms with E-state index < -0.39 is 0 Å². The lowest BCUT2D eigenvalue weighted by molar-refractivity contribution is -0.116. The minimum Gasteiger partial charge on any atom is -0.454 e. The van der Waals surface area contributed by atoms with Crippen LogP contribution in [0, 0.1) is 6.92 Å². The van der Waals surface area contributed by atoms with Crippen molar-refractivity contribution in [3.05, 3.63) is 36.2 Å². The van der Waals surface area contributed by atoms with Crippen LogP contribution in [0.1, 0.15) is 25.1 Å². The van der Waals surface area contributed by atoms with Crippen molar-refractivity contribution in [2.24, 2.45) is 0 Å². The first-order valence-corrected chi connectivity index (χ1v) is 6.83. The molecule has 21 heavy (non-hydrogen) atoms. The molecule has 0 fully saturated rings. The van der Waals surface area contributed by atoms with Crippen LogP contribution in [0.3, 0.4) is 0 Å². The van der Waals surface area contributed by atoms with Crippen molar-refractivity contribution in [3.63, 3.8) is 0 Å². The number of rotatable bonds is 4. The molecular weight excluding hydrogens is 270 g/mol. The van der Waals surface area contributed by atoms with Crippen molar-refractivity contribution in [2.75, 3.05) is 12.1 Å². The van der Waals surface area contributed by atoms with Gasteiger partial charge >= 0.3 is 0 Å². The summed E-state index contributed by atoms with van der Waals surface area (Å²) in [6, 6.07) is 7.29. The van der Waals surface area contributed by atoms with Crippen LogP contribution >= 0.6 is 0 Å². The molecule has 0 aliphatic carbocycles.